The Morgan fingerprint density at radius 3 is 1.90 bits per heavy atom. The van der Waals surface area contributed by atoms with Crippen molar-refractivity contribution in [3.05, 3.63) is 83.9 Å². The van der Waals surface area contributed by atoms with Crippen molar-refractivity contribution in [3.63, 3.8) is 0 Å². The molecule has 0 fully saturated rings. The van der Waals surface area contributed by atoms with Gasteiger partial charge in [0.05, 0.1) is 25.0 Å². The van der Waals surface area contributed by atoms with Gasteiger partial charge in [0.2, 0.25) is 0 Å². The van der Waals surface area contributed by atoms with Crippen molar-refractivity contribution in [1.82, 2.24) is 0 Å². The Hall–Kier alpha value is -2.72. The lowest BCUT2D eigenvalue weighted by atomic mass is 9.93. The van der Waals surface area contributed by atoms with Crippen LogP contribution in [-0.4, -0.2) is 36.5 Å². The molecule has 0 bridgehead atoms. The van der Waals surface area contributed by atoms with Gasteiger partial charge in [-0.05, 0) is 27.7 Å². The molecule has 0 amide bonds. The van der Waals surface area contributed by atoms with E-state index in [1.807, 2.05) is 101 Å². The maximum absolute atomic E-state index is 13.0. The number of rotatable bonds is 8. The summed E-state index contributed by atoms with van der Waals surface area (Å²) in [6, 6.07) is 19.8. The first-order valence-corrected chi connectivity index (χ1v) is 9.85. The number of carbonyl (C=O) groups is 1. The first kappa shape index (κ1) is 22.6. The summed E-state index contributed by atoms with van der Waals surface area (Å²) in [6.07, 6.45) is 4.23. The van der Waals surface area contributed by atoms with E-state index in [1.54, 1.807) is 0 Å². The molecule has 2 rings (SSSR count). The summed E-state index contributed by atoms with van der Waals surface area (Å²) in [7, 11) is 1.39. The van der Waals surface area contributed by atoms with E-state index in [0.717, 1.165) is 16.8 Å². The number of hydrogen-bond acceptors (Lipinski definition) is 4. The first-order chi connectivity index (χ1) is 13.8. The zero-order valence-electron chi connectivity index (χ0n) is 18.0. The molecule has 2 aromatic rings. The Morgan fingerprint density at radius 2 is 1.48 bits per heavy atom. The van der Waals surface area contributed by atoms with Crippen LogP contribution in [0, 0.1) is 0 Å². The lowest BCUT2D eigenvalue weighted by Crippen LogP contribution is -2.45. The fourth-order valence-corrected chi connectivity index (χ4v) is 2.87. The number of allylic oxidation sites excluding steroid dienone is 1. The molecule has 0 saturated carbocycles. The second-order valence-corrected chi connectivity index (χ2v) is 7.89. The third kappa shape index (κ3) is 6.40. The van der Waals surface area contributed by atoms with Crippen LogP contribution in [-0.2, 0) is 14.3 Å². The van der Waals surface area contributed by atoms with E-state index < -0.39 is 17.1 Å². The highest BCUT2D eigenvalue weighted by molar-refractivity contribution is 6.13. The number of carbonyl (C=O) groups excluding carboxylic acids is 1. The van der Waals surface area contributed by atoms with Crippen molar-refractivity contribution in [2.24, 2.45) is 4.99 Å². The average molecular weight is 394 g/mol. The molecule has 154 valence electrons. The molecule has 29 heavy (non-hydrogen) atoms. The molecule has 0 radical (unpaired) electrons. The molecule has 0 aliphatic rings. The van der Waals surface area contributed by atoms with Crippen LogP contribution < -0.4 is 0 Å². The Bertz CT molecular complexity index is 794. The minimum absolute atomic E-state index is 0.122. The zero-order valence-corrected chi connectivity index (χ0v) is 18.0. The average Bonchev–Trinajstić information content (AvgIpc) is 2.73. The molecule has 4 heteroatoms. The molecule has 0 saturated heterocycles. The van der Waals surface area contributed by atoms with Gasteiger partial charge in [0.15, 0.2) is 5.54 Å². The molecular formula is C25H31NO3. The maximum atomic E-state index is 13.0. The Kier molecular flexibility index (Phi) is 7.91. The number of aliphatic imine (C=N–C) groups is 1. The highest BCUT2D eigenvalue weighted by atomic mass is 16.5. The largest absolute Gasteiger partial charge is 0.467 e. The van der Waals surface area contributed by atoms with E-state index in [1.165, 1.54) is 7.11 Å². The summed E-state index contributed by atoms with van der Waals surface area (Å²) in [5, 5.41) is 0. The Balaban J connectivity index is 2.68. The van der Waals surface area contributed by atoms with Crippen LogP contribution >= 0.6 is 0 Å². The van der Waals surface area contributed by atoms with Gasteiger partial charge in [0.25, 0.3) is 0 Å². The van der Waals surface area contributed by atoms with Gasteiger partial charge in [-0.25, -0.2) is 4.79 Å². The van der Waals surface area contributed by atoms with Crippen LogP contribution in [0.15, 0.2) is 77.8 Å². The number of esters is 1. The predicted octanol–water partition coefficient (Wildman–Crippen LogP) is 5.22. The Morgan fingerprint density at radius 1 is 0.966 bits per heavy atom. The Labute approximate surface area is 174 Å². The predicted molar refractivity (Wildman–Crippen MR) is 118 cm³/mol. The monoisotopic (exact) mass is 393 g/mol. The standard InChI is InChI=1S/C25H31NO3/c1-6-7-18-25(23(27)28-5,19-29-24(2,3)4)26-22(20-14-10-8-11-15-20)21-16-12-9-13-17-21/h6-17H,18-19H2,1-5H3/b7-6+. The molecule has 0 aliphatic heterocycles. The maximum Gasteiger partial charge on any atom is 0.336 e. The van der Waals surface area contributed by atoms with Crippen LogP contribution in [0.25, 0.3) is 0 Å². The van der Waals surface area contributed by atoms with Gasteiger partial charge >= 0.3 is 5.97 Å². The number of ether oxygens (including phenoxy) is 2. The van der Waals surface area contributed by atoms with Crippen LogP contribution in [0.3, 0.4) is 0 Å². The number of nitrogens with zero attached hydrogens (tertiary/aromatic N) is 1. The third-order valence-electron chi connectivity index (χ3n) is 4.42. The third-order valence-corrected chi connectivity index (χ3v) is 4.42. The molecular weight excluding hydrogens is 362 g/mol. The highest BCUT2D eigenvalue weighted by Gasteiger charge is 2.41. The molecule has 0 aromatic heterocycles. The van der Waals surface area contributed by atoms with Gasteiger partial charge in [0, 0.05) is 17.5 Å². The first-order valence-electron chi connectivity index (χ1n) is 9.85. The molecule has 0 heterocycles. The van der Waals surface area contributed by atoms with Crippen molar-refractivity contribution < 1.29 is 14.3 Å². The van der Waals surface area contributed by atoms with Gasteiger partial charge in [-0.2, -0.15) is 0 Å². The van der Waals surface area contributed by atoms with E-state index >= 15 is 0 Å². The summed E-state index contributed by atoms with van der Waals surface area (Å²) in [5.41, 5.74) is 1.00. The molecule has 2 aromatic carbocycles. The molecule has 4 nitrogen and oxygen atoms in total. The van der Waals surface area contributed by atoms with Crippen molar-refractivity contribution in [2.75, 3.05) is 13.7 Å². The summed E-state index contributed by atoms with van der Waals surface area (Å²) in [5.74, 6) is -0.413. The molecule has 0 aliphatic carbocycles. The summed E-state index contributed by atoms with van der Waals surface area (Å²) in [4.78, 5) is 18.0. The molecule has 0 N–H and O–H groups in total. The number of benzene rings is 2. The smallest absolute Gasteiger partial charge is 0.336 e. The van der Waals surface area contributed by atoms with Gasteiger partial charge < -0.3 is 9.47 Å². The fraction of sp³-hybridized carbons (Fsp3) is 0.360. The summed E-state index contributed by atoms with van der Waals surface area (Å²) in [6.45, 7) is 7.93. The highest BCUT2D eigenvalue weighted by Crippen LogP contribution is 2.26. The van der Waals surface area contributed by atoms with E-state index in [2.05, 4.69) is 0 Å². The summed E-state index contributed by atoms with van der Waals surface area (Å²) >= 11 is 0. The second kappa shape index (κ2) is 10.2. The van der Waals surface area contributed by atoms with Gasteiger partial charge in [-0.15, -0.1) is 0 Å². The summed E-state index contributed by atoms with van der Waals surface area (Å²) < 4.78 is 11.2. The minimum Gasteiger partial charge on any atom is -0.467 e. The van der Waals surface area contributed by atoms with Gasteiger partial charge in [-0.1, -0.05) is 72.8 Å². The lowest BCUT2D eigenvalue weighted by molar-refractivity contribution is -0.151. The molecule has 1 unspecified atom stereocenters. The van der Waals surface area contributed by atoms with E-state index in [9.17, 15) is 4.79 Å². The van der Waals surface area contributed by atoms with Crippen molar-refractivity contribution in [1.29, 1.82) is 0 Å². The van der Waals surface area contributed by atoms with E-state index in [0.29, 0.717) is 6.42 Å². The molecule has 1 atom stereocenters. The van der Waals surface area contributed by atoms with Gasteiger partial charge in [-0.3, -0.25) is 4.99 Å². The quantitative estimate of drug-likeness (QED) is 0.351. The van der Waals surface area contributed by atoms with Crippen molar-refractivity contribution >= 4 is 11.7 Å². The molecule has 0 spiro atoms. The normalized spacial score (nSPS) is 13.7. The van der Waals surface area contributed by atoms with E-state index in [-0.39, 0.29) is 6.61 Å². The van der Waals surface area contributed by atoms with Crippen LogP contribution in [0.5, 0.6) is 0 Å². The second-order valence-electron chi connectivity index (χ2n) is 7.89. The minimum atomic E-state index is -1.18. The van der Waals surface area contributed by atoms with E-state index in [4.69, 9.17) is 14.5 Å². The van der Waals surface area contributed by atoms with Crippen LogP contribution in [0.4, 0.5) is 0 Å². The topological polar surface area (TPSA) is 47.9 Å². The van der Waals surface area contributed by atoms with Crippen LogP contribution in [0.1, 0.15) is 45.2 Å². The SMILES string of the molecule is C/C=C/CC(COC(C)(C)C)(N=C(c1ccccc1)c1ccccc1)C(=O)OC. The van der Waals surface area contributed by atoms with Crippen molar-refractivity contribution in [2.45, 2.75) is 45.3 Å². The van der Waals surface area contributed by atoms with Crippen LogP contribution in [0.2, 0.25) is 0 Å². The zero-order chi connectivity index (χ0) is 21.3. The fourth-order valence-electron chi connectivity index (χ4n) is 2.87. The number of methoxy groups -OCH3 is 1. The van der Waals surface area contributed by atoms with Crippen molar-refractivity contribution in [3.8, 4) is 0 Å². The lowest BCUT2D eigenvalue weighted by Gasteiger charge is -2.31. The van der Waals surface area contributed by atoms with Gasteiger partial charge in [0.1, 0.15) is 0 Å². The number of hydrogen-bond donors (Lipinski definition) is 0.